The Morgan fingerprint density at radius 2 is 2.17 bits per heavy atom. The van der Waals surface area contributed by atoms with Crippen molar-refractivity contribution in [2.24, 2.45) is 5.41 Å². The van der Waals surface area contributed by atoms with Gasteiger partial charge in [-0.15, -0.1) is 0 Å². The molecule has 0 aliphatic carbocycles. The summed E-state index contributed by atoms with van der Waals surface area (Å²) in [5.74, 6) is -0.723. The summed E-state index contributed by atoms with van der Waals surface area (Å²) in [7, 11) is 0. The van der Waals surface area contributed by atoms with Crippen molar-refractivity contribution in [3.63, 3.8) is 0 Å². The van der Waals surface area contributed by atoms with Gasteiger partial charge in [0.15, 0.2) is 0 Å². The van der Waals surface area contributed by atoms with E-state index in [2.05, 4.69) is 11.7 Å². The van der Waals surface area contributed by atoms with Crippen LogP contribution in [-0.4, -0.2) is 11.9 Å². The molecule has 1 atom stereocenters. The van der Waals surface area contributed by atoms with Gasteiger partial charge in [-0.1, -0.05) is 19.8 Å². The number of hydrogen-bond acceptors (Lipinski definition) is 3. The largest absolute Gasteiger partial charge is 0.393 e. The van der Waals surface area contributed by atoms with Gasteiger partial charge in [-0.05, 0) is 13.3 Å². The van der Waals surface area contributed by atoms with E-state index in [1.807, 2.05) is 0 Å². The van der Waals surface area contributed by atoms with Gasteiger partial charge in [0.1, 0.15) is 0 Å². The molecule has 0 saturated carbocycles. The van der Waals surface area contributed by atoms with E-state index in [0.717, 1.165) is 19.3 Å². The Kier molecular flexibility index (Phi) is 2.50. The third-order valence-corrected chi connectivity index (χ3v) is 2.32. The highest BCUT2D eigenvalue weighted by atomic mass is 16.6. The summed E-state index contributed by atoms with van der Waals surface area (Å²) in [4.78, 5) is 22.0. The number of carbonyl (C=O) groups excluding carboxylic acids is 2. The Bertz CT molecular complexity index is 210. The molecule has 1 rings (SSSR count). The summed E-state index contributed by atoms with van der Waals surface area (Å²) < 4.78 is 4.50. The smallest absolute Gasteiger partial charge is 0.320 e. The number of unbranched alkanes of at least 4 members (excludes halogenated alkanes) is 1. The number of carbonyl (C=O) groups is 2. The molecule has 1 unspecified atom stereocenters. The fourth-order valence-electron chi connectivity index (χ4n) is 1.41. The maximum atomic E-state index is 11.2. The van der Waals surface area contributed by atoms with Crippen molar-refractivity contribution in [2.75, 3.05) is 0 Å². The normalized spacial score (nSPS) is 29.2. The lowest BCUT2D eigenvalue weighted by atomic mass is 9.84. The third kappa shape index (κ3) is 1.65. The molecule has 3 heteroatoms. The minimum Gasteiger partial charge on any atom is -0.393 e. The van der Waals surface area contributed by atoms with E-state index in [9.17, 15) is 9.59 Å². The Hall–Kier alpha value is -0.860. The zero-order chi connectivity index (χ0) is 9.19. The van der Waals surface area contributed by atoms with Crippen LogP contribution in [0.2, 0.25) is 0 Å². The first-order valence-corrected chi connectivity index (χ1v) is 4.33. The van der Waals surface area contributed by atoms with E-state index in [1.165, 1.54) is 0 Å². The lowest BCUT2D eigenvalue weighted by Gasteiger charge is -2.16. The van der Waals surface area contributed by atoms with E-state index in [-0.39, 0.29) is 18.4 Å². The fraction of sp³-hybridized carbons (Fsp3) is 0.778. The van der Waals surface area contributed by atoms with E-state index >= 15 is 0 Å². The summed E-state index contributed by atoms with van der Waals surface area (Å²) in [6, 6.07) is 0. The van der Waals surface area contributed by atoms with Crippen molar-refractivity contribution < 1.29 is 14.3 Å². The first-order chi connectivity index (χ1) is 5.58. The summed E-state index contributed by atoms with van der Waals surface area (Å²) in [5.41, 5.74) is -0.535. The van der Waals surface area contributed by atoms with Gasteiger partial charge in [0.2, 0.25) is 0 Å². The summed E-state index contributed by atoms with van der Waals surface area (Å²) in [6.45, 7) is 3.86. The average molecular weight is 170 g/mol. The van der Waals surface area contributed by atoms with Crippen molar-refractivity contribution in [1.29, 1.82) is 0 Å². The van der Waals surface area contributed by atoms with Gasteiger partial charge in [0.05, 0.1) is 11.8 Å². The van der Waals surface area contributed by atoms with Crippen LogP contribution in [-0.2, 0) is 14.3 Å². The minimum absolute atomic E-state index is 0.256. The lowest BCUT2D eigenvalue weighted by Crippen LogP contribution is -2.21. The van der Waals surface area contributed by atoms with Gasteiger partial charge in [-0.25, -0.2) is 0 Å². The first kappa shape index (κ1) is 9.23. The first-order valence-electron chi connectivity index (χ1n) is 4.33. The molecule has 68 valence electrons. The quantitative estimate of drug-likeness (QED) is 0.478. The Balaban J connectivity index is 2.58. The third-order valence-electron chi connectivity index (χ3n) is 2.32. The van der Waals surface area contributed by atoms with Crippen LogP contribution in [0.3, 0.4) is 0 Å². The second-order valence-corrected chi connectivity index (χ2v) is 3.60. The maximum absolute atomic E-state index is 11.2. The van der Waals surface area contributed by atoms with Gasteiger partial charge in [0.25, 0.3) is 0 Å². The van der Waals surface area contributed by atoms with E-state index < -0.39 is 5.41 Å². The zero-order valence-electron chi connectivity index (χ0n) is 7.55. The Labute approximate surface area is 72.1 Å². The Morgan fingerprint density at radius 3 is 2.58 bits per heavy atom. The summed E-state index contributed by atoms with van der Waals surface area (Å²) in [6.07, 6.45) is 3.02. The van der Waals surface area contributed by atoms with E-state index in [1.54, 1.807) is 6.92 Å². The molecule has 0 amide bonds. The van der Waals surface area contributed by atoms with Crippen LogP contribution in [0.4, 0.5) is 0 Å². The molecule has 1 aliphatic heterocycles. The van der Waals surface area contributed by atoms with Crippen molar-refractivity contribution >= 4 is 11.9 Å². The number of esters is 2. The Morgan fingerprint density at radius 1 is 1.50 bits per heavy atom. The highest BCUT2D eigenvalue weighted by Gasteiger charge is 2.44. The van der Waals surface area contributed by atoms with Crippen LogP contribution >= 0.6 is 0 Å². The van der Waals surface area contributed by atoms with Gasteiger partial charge in [-0.2, -0.15) is 0 Å². The van der Waals surface area contributed by atoms with E-state index in [0.29, 0.717) is 0 Å². The van der Waals surface area contributed by atoms with Gasteiger partial charge in [-0.3, -0.25) is 9.59 Å². The van der Waals surface area contributed by atoms with Crippen molar-refractivity contribution in [2.45, 2.75) is 39.5 Å². The molecule has 1 aliphatic rings. The zero-order valence-corrected chi connectivity index (χ0v) is 7.55. The molecule has 0 aromatic rings. The highest BCUT2D eigenvalue weighted by Crippen LogP contribution is 2.35. The maximum Gasteiger partial charge on any atom is 0.320 e. The van der Waals surface area contributed by atoms with Crippen molar-refractivity contribution in [3.8, 4) is 0 Å². The van der Waals surface area contributed by atoms with Crippen LogP contribution in [0, 0.1) is 5.41 Å². The van der Waals surface area contributed by atoms with Gasteiger partial charge >= 0.3 is 11.9 Å². The molecule has 0 aromatic heterocycles. The van der Waals surface area contributed by atoms with Gasteiger partial charge in [0, 0.05) is 0 Å². The molecule has 3 nitrogen and oxygen atoms in total. The predicted molar refractivity (Wildman–Crippen MR) is 43.3 cm³/mol. The average Bonchev–Trinajstić information content (AvgIpc) is 2.23. The van der Waals surface area contributed by atoms with Crippen LogP contribution in [0.1, 0.15) is 39.5 Å². The molecule has 1 fully saturated rings. The molecule has 0 spiro atoms. The van der Waals surface area contributed by atoms with Gasteiger partial charge < -0.3 is 4.74 Å². The predicted octanol–water partition coefficient (Wildman–Crippen LogP) is 1.66. The minimum atomic E-state index is -0.535. The molecule has 12 heavy (non-hydrogen) atoms. The lowest BCUT2D eigenvalue weighted by molar-refractivity contribution is -0.155. The van der Waals surface area contributed by atoms with Crippen LogP contribution in [0.15, 0.2) is 0 Å². The molecular formula is C9H14O3. The fourth-order valence-corrected chi connectivity index (χ4v) is 1.41. The van der Waals surface area contributed by atoms with Crippen molar-refractivity contribution in [3.05, 3.63) is 0 Å². The van der Waals surface area contributed by atoms with Crippen LogP contribution < -0.4 is 0 Å². The van der Waals surface area contributed by atoms with Crippen LogP contribution in [0.25, 0.3) is 0 Å². The molecule has 0 bridgehead atoms. The molecular weight excluding hydrogens is 156 g/mol. The molecule has 1 saturated heterocycles. The monoisotopic (exact) mass is 170 g/mol. The molecule has 1 heterocycles. The SMILES string of the molecule is CCCCC1(C)CC(=O)OC1=O. The second kappa shape index (κ2) is 3.25. The number of ether oxygens (including phenoxy) is 1. The number of rotatable bonds is 3. The standard InChI is InChI=1S/C9H14O3/c1-3-4-5-9(2)6-7(10)12-8(9)11/h3-6H2,1-2H3. The molecule has 0 radical (unpaired) electrons. The summed E-state index contributed by atoms with van der Waals surface area (Å²) >= 11 is 0. The molecule has 0 aromatic carbocycles. The second-order valence-electron chi connectivity index (χ2n) is 3.60. The highest BCUT2D eigenvalue weighted by molar-refractivity contribution is 5.97. The number of hydrogen-bond donors (Lipinski definition) is 0. The topological polar surface area (TPSA) is 43.4 Å². The van der Waals surface area contributed by atoms with E-state index in [4.69, 9.17) is 0 Å². The molecule has 0 N–H and O–H groups in total. The number of cyclic esters (lactones) is 2. The van der Waals surface area contributed by atoms with Crippen molar-refractivity contribution in [1.82, 2.24) is 0 Å². The summed E-state index contributed by atoms with van der Waals surface area (Å²) in [5, 5.41) is 0. The van der Waals surface area contributed by atoms with Crippen LogP contribution in [0.5, 0.6) is 0 Å².